The highest BCUT2D eigenvalue weighted by atomic mass is 14.3. The molecular weight excluding hydrogens is 372 g/mol. The Labute approximate surface area is 200 Å². The van der Waals surface area contributed by atoms with Crippen LogP contribution >= 0.6 is 0 Å². The van der Waals surface area contributed by atoms with Gasteiger partial charge in [0.05, 0.1) is 0 Å². The van der Waals surface area contributed by atoms with Gasteiger partial charge in [0.2, 0.25) is 0 Å². The minimum Gasteiger partial charge on any atom is -0.0649 e. The molecule has 0 heteroatoms. The molecule has 0 aromatic rings. The molecule has 0 spiro atoms. The van der Waals surface area contributed by atoms with Crippen LogP contribution in [0, 0.1) is 40.9 Å². The van der Waals surface area contributed by atoms with Crippen molar-refractivity contribution < 1.29 is 0 Å². The van der Waals surface area contributed by atoms with Gasteiger partial charge in [0, 0.05) is 0 Å². The second kappa shape index (κ2) is 17.5. The van der Waals surface area contributed by atoms with Crippen LogP contribution in [0.4, 0.5) is 0 Å². The van der Waals surface area contributed by atoms with Gasteiger partial charge in [-0.1, -0.05) is 146 Å². The lowest BCUT2D eigenvalue weighted by molar-refractivity contribution is 0.220. The van der Waals surface area contributed by atoms with E-state index in [9.17, 15) is 0 Å². The van der Waals surface area contributed by atoms with Crippen LogP contribution in [-0.4, -0.2) is 0 Å². The van der Waals surface area contributed by atoms with Gasteiger partial charge in [-0.2, -0.15) is 0 Å². The fraction of sp³-hybridized carbons (Fsp3) is 1.00. The molecule has 5 unspecified atom stereocenters. The van der Waals surface area contributed by atoms with Gasteiger partial charge >= 0.3 is 0 Å². The Bertz CT molecular complexity index is 395. The lowest BCUT2D eigenvalue weighted by Gasteiger charge is -2.30. The number of hydrogen-bond acceptors (Lipinski definition) is 0. The summed E-state index contributed by atoms with van der Waals surface area (Å²) >= 11 is 0. The van der Waals surface area contributed by atoms with Gasteiger partial charge in [-0.15, -0.1) is 0 Å². The Kier molecular flexibility index (Phi) is 17.5. The molecule has 0 fully saturated rings. The van der Waals surface area contributed by atoms with Crippen molar-refractivity contribution in [2.45, 2.75) is 159 Å². The van der Waals surface area contributed by atoms with Crippen molar-refractivity contribution in [2.75, 3.05) is 0 Å². The van der Waals surface area contributed by atoms with Crippen molar-refractivity contribution in [3.63, 3.8) is 0 Å². The summed E-state index contributed by atoms with van der Waals surface area (Å²) in [7, 11) is 0. The van der Waals surface area contributed by atoms with Crippen molar-refractivity contribution in [1.29, 1.82) is 0 Å². The Balaban J connectivity index is 4.00. The SMILES string of the molecule is CCC(C)(CCCC(C)CCCC(C)C)CCC(C)CCCC(C)CCC(C)C(C)C. The maximum Gasteiger partial charge on any atom is -0.0328 e. The van der Waals surface area contributed by atoms with Gasteiger partial charge in [-0.05, 0) is 53.8 Å². The first-order chi connectivity index (χ1) is 14.5. The maximum atomic E-state index is 2.57. The highest BCUT2D eigenvalue weighted by Crippen LogP contribution is 2.36. The summed E-state index contributed by atoms with van der Waals surface area (Å²) in [4.78, 5) is 0. The first-order valence-corrected chi connectivity index (χ1v) is 14.5. The third-order valence-electron chi connectivity index (χ3n) is 8.70. The molecule has 0 saturated carbocycles. The van der Waals surface area contributed by atoms with E-state index in [0.29, 0.717) is 5.41 Å². The van der Waals surface area contributed by atoms with E-state index in [2.05, 4.69) is 69.2 Å². The summed E-state index contributed by atoms with van der Waals surface area (Å²) in [5.41, 5.74) is 0.576. The zero-order valence-electron chi connectivity index (χ0n) is 23.9. The monoisotopic (exact) mass is 437 g/mol. The van der Waals surface area contributed by atoms with Crippen molar-refractivity contribution in [2.24, 2.45) is 40.9 Å². The molecule has 0 heterocycles. The smallest absolute Gasteiger partial charge is 0.0328 e. The molecule has 5 atom stereocenters. The van der Waals surface area contributed by atoms with Crippen LogP contribution in [0.25, 0.3) is 0 Å². The van der Waals surface area contributed by atoms with Crippen LogP contribution in [0.15, 0.2) is 0 Å². The molecule has 0 aliphatic heterocycles. The minimum absolute atomic E-state index is 0.576. The quantitative estimate of drug-likeness (QED) is 0.178. The lowest BCUT2D eigenvalue weighted by atomic mass is 9.75. The lowest BCUT2D eigenvalue weighted by Crippen LogP contribution is -2.17. The van der Waals surface area contributed by atoms with Crippen LogP contribution in [0.3, 0.4) is 0 Å². The van der Waals surface area contributed by atoms with Crippen LogP contribution in [0.1, 0.15) is 159 Å². The van der Waals surface area contributed by atoms with E-state index >= 15 is 0 Å². The van der Waals surface area contributed by atoms with Gasteiger partial charge < -0.3 is 0 Å². The summed E-state index contributed by atoms with van der Waals surface area (Å²) in [6.07, 6.45) is 20.0. The number of rotatable bonds is 20. The summed E-state index contributed by atoms with van der Waals surface area (Å²) < 4.78 is 0. The van der Waals surface area contributed by atoms with Gasteiger partial charge in [-0.25, -0.2) is 0 Å². The summed E-state index contributed by atoms with van der Waals surface area (Å²) in [6, 6.07) is 0. The van der Waals surface area contributed by atoms with Crippen LogP contribution in [-0.2, 0) is 0 Å². The molecule has 0 aromatic carbocycles. The molecule has 31 heavy (non-hydrogen) atoms. The molecule has 0 rings (SSSR count). The molecule has 0 aliphatic rings. The van der Waals surface area contributed by atoms with E-state index in [0.717, 1.165) is 35.5 Å². The van der Waals surface area contributed by atoms with Crippen LogP contribution in [0.2, 0.25) is 0 Å². The Hall–Kier alpha value is 0. The molecule has 0 amide bonds. The molecular formula is C31H64. The molecule has 0 aromatic heterocycles. The third-order valence-corrected chi connectivity index (χ3v) is 8.70. The summed E-state index contributed by atoms with van der Waals surface area (Å²) in [5, 5.41) is 0. The Morgan fingerprint density at radius 1 is 0.516 bits per heavy atom. The van der Waals surface area contributed by atoms with Gasteiger partial charge in [0.1, 0.15) is 0 Å². The minimum atomic E-state index is 0.576. The molecule has 0 nitrogen and oxygen atoms in total. The van der Waals surface area contributed by atoms with Gasteiger partial charge in [0.15, 0.2) is 0 Å². The standard InChI is InChI=1S/C31H64/c1-11-31(10,23-14-19-27(6)16-12-15-25(2)3)24-22-29(8)18-13-17-28(7)20-21-30(9)26(4)5/h25-30H,11-24H2,1-10H3. The molecule has 0 bridgehead atoms. The molecule has 188 valence electrons. The average molecular weight is 437 g/mol. The second-order valence-electron chi connectivity index (χ2n) is 13.0. The first-order valence-electron chi connectivity index (χ1n) is 14.5. The fourth-order valence-corrected chi connectivity index (χ4v) is 4.95. The Morgan fingerprint density at radius 3 is 1.52 bits per heavy atom. The third kappa shape index (κ3) is 17.2. The molecule has 0 saturated heterocycles. The van der Waals surface area contributed by atoms with Crippen molar-refractivity contribution in [1.82, 2.24) is 0 Å². The predicted octanol–water partition coefficient (Wildman–Crippen LogP) is 11.3. The largest absolute Gasteiger partial charge is 0.0649 e. The molecule has 0 N–H and O–H groups in total. The first kappa shape index (κ1) is 31.0. The van der Waals surface area contributed by atoms with E-state index < -0.39 is 0 Å². The van der Waals surface area contributed by atoms with E-state index in [1.807, 2.05) is 0 Å². The fourth-order valence-electron chi connectivity index (χ4n) is 4.95. The highest BCUT2D eigenvalue weighted by molar-refractivity contribution is 4.75. The van der Waals surface area contributed by atoms with Crippen molar-refractivity contribution in [3.8, 4) is 0 Å². The number of hydrogen-bond donors (Lipinski definition) is 0. The van der Waals surface area contributed by atoms with Crippen molar-refractivity contribution in [3.05, 3.63) is 0 Å². The van der Waals surface area contributed by atoms with E-state index in [1.54, 1.807) is 0 Å². The van der Waals surface area contributed by atoms with E-state index in [4.69, 9.17) is 0 Å². The van der Waals surface area contributed by atoms with Gasteiger partial charge in [-0.3, -0.25) is 0 Å². The van der Waals surface area contributed by atoms with Crippen LogP contribution in [0.5, 0.6) is 0 Å². The van der Waals surface area contributed by atoms with Crippen molar-refractivity contribution >= 4 is 0 Å². The summed E-state index contributed by atoms with van der Waals surface area (Å²) in [5.74, 6) is 5.34. The normalized spacial score (nSPS) is 18.2. The Morgan fingerprint density at radius 2 is 1.00 bits per heavy atom. The zero-order valence-corrected chi connectivity index (χ0v) is 23.9. The zero-order chi connectivity index (χ0) is 23.9. The topological polar surface area (TPSA) is 0 Å². The maximum absolute atomic E-state index is 2.57. The summed E-state index contributed by atoms with van der Waals surface area (Å²) in [6.45, 7) is 24.4. The van der Waals surface area contributed by atoms with E-state index in [-0.39, 0.29) is 0 Å². The molecule has 0 aliphatic carbocycles. The highest BCUT2D eigenvalue weighted by Gasteiger charge is 2.22. The molecule has 0 radical (unpaired) electrons. The van der Waals surface area contributed by atoms with E-state index in [1.165, 1.54) is 89.9 Å². The predicted molar refractivity (Wildman–Crippen MR) is 145 cm³/mol. The second-order valence-corrected chi connectivity index (χ2v) is 13.0. The average Bonchev–Trinajstić information content (AvgIpc) is 2.70. The van der Waals surface area contributed by atoms with Gasteiger partial charge in [0.25, 0.3) is 0 Å². The van der Waals surface area contributed by atoms with Crippen LogP contribution < -0.4 is 0 Å².